The summed E-state index contributed by atoms with van der Waals surface area (Å²) in [5.74, 6) is 1.76. The maximum atomic E-state index is 6.05. The van der Waals surface area contributed by atoms with Crippen molar-refractivity contribution in [1.82, 2.24) is 15.5 Å². The Balaban J connectivity index is 1.48. The lowest BCUT2D eigenvalue weighted by Gasteiger charge is -2.54. The Bertz CT molecular complexity index is 465. The fourth-order valence-corrected chi connectivity index (χ4v) is 5.39. The van der Waals surface area contributed by atoms with Gasteiger partial charge in [-0.1, -0.05) is 26.7 Å². The number of nitrogens with one attached hydrogen (secondary N) is 2. The van der Waals surface area contributed by atoms with Crippen LogP contribution in [0.2, 0.25) is 0 Å². The molecule has 1 saturated heterocycles. The third kappa shape index (κ3) is 4.36. The van der Waals surface area contributed by atoms with Crippen LogP contribution in [0.3, 0.4) is 0 Å². The van der Waals surface area contributed by atoms with Gasteiger partial charge in [-0.2, -0.15) is 0 Å². The van der Waals surface area contributed by atoms with Gasteiger partial charge in [0.15, 0.2) is 5.96 Å². The maximum Gasteiger partial charge on any atom is 0.191 e. The number of piperidine rings is 1. The zero-order chi connectivity index (χ0) is 18.6. The third-order valence-corrected chi connectivity index (χ3v) is 6.77. The molecule has 0 radical (unpaired) electrons. The molecule has 0 aromatic rings. The average Bonchev–Trinajstić information content (AvgIpc) is 3.14. The maximum absolute atomic E-state index is 6.05. The van der Waals surface area contributed by atoms with Crippen LogP contribution in [0.4, 0.5) is 0 Å². The summed E-state index contributed by atoms with van der Waals surface area (Å²) in [5.41, 5.74) is 0.355. The molecule has 0 amide bonds. The number of hydrogen-bond donors (Lipinski definition) is 2. The number of hydrogen-bond acceptors (Lipinski definition) is 3. The van der Waals surface area contributed by atoms with Gasteiger partial charge in [-0.05, 0) is 44.9 Å². The molecule has 1 heterocycles. The summed E-state index contributed by atoms with van der Waals surface area (Å²) in [5, 5.41) is 7.46. The van der Waals surface area contributed by atoms with Crippen LogP contribution in [0.1, 0.15) is 65.7 Å². The summed E-state index contributed by atoms with van der Waals surface area (Å²) in [6, 6.07) is 1.07. The number of nitrogens with zero attached hydrogens (tertiary/aromatic N) is 2. The topological polar surface area (TPSA) is 48.9 Å². The highest BCUT2D eigenvalue weighted by Gasteiger charge is 2.57. The van der Waals surface area contributed by atoms with Crippen molar-refractivity contribution >= 4 is 5.96 Å². The van der Waals surface area contributed by atoms with Crippen molar-refractivity contribution in [2.45, 2.75) is 83.9 Å². The van der Waals surface area contributed by atoms with Crippen molar-refractivity contribution in [2.75, 3.05) is 33.3 Å². The van der Waals surface area contributed by atoms with E-state index in [4.69, 9.17) is 4.74 Å². The highest BCUT2D eigenvalue weighted by molar-refractivity contribution is 5.80. The fraction of sp³-hybridized carbons (Fsp3) is 0.952. The van der Waals surface area contributed by atoms with Gasteiger partial charge in [0, 0.05) is 50.8 Å². The SMILES string of the molecule is CCOC1CC(NC(=NC)NC2CCN(CC(C)C)CC2)C12CCCC2. The van der Waals surface area contributed by atoms with Crippen LogP contribution in [-0.4, -0.2) is 62.3 Å². The lowest BCUT2D eigenvalue weighted by molar-refractivity contribution is -0.125. The van der Waals surface area contributed by atoms with Crippen LogP contribution in [-0.2, 0) is 4.74 Å². The molecule has 5 nitrogen and oxygen atoms in total. The summed E-state index contributed by atoms with van der Waals surface area (Å²) in [6.45, 7) is 11.2. The fourth-order valence-electron chi connectivity index (χ4n) is 5.39. The predicted molar refractivity (Wildman–Crippen MR) is 109 cm³/mol. The predicted octanol–water partition coefficient (Wildman–Crippen LogP) is 3.01. The minimum absolute atomic E-state index is 0.355. The third-order valence-electron chi connectivity index (χ3n) is 6.77. The zero-order valence-electron chi connectivity index (χ0n) is 17.4. The summed E-state index contributed by atoms with van der Waals surface area (Å²) in [6.07, 6.45) is 9.31. The molecule has 150 valence electrons. The first-order valence-corrected chi connectivity index (χ1v) is 10.9. The van der Waals surface area contributed by atoms with E-state index in [9.17, 15) is 0 Å². The van der Waals surface area contributed by atoms with E-state index in [2.05, 4.69) is 41.3 Å². The van der Waals surface area contributed by atoms with Crippen molar-refractivity contribution in [3.63, 3.8) is 0 Å². The summed E-state index contributed by atoms with van der Waals surface area (Å²) in [7, 11) is 1.91. The van der Waals surface area contributed by atoms with Crippen molar-refractivity contribution in [3.05, 3.63) is 0 Å². The molecule has 26 heavy (non-hydrogen) atoms. The molecule has 3 aliphatic rings. The molecule has 2 saturated carbocycles. The van der Waals surface area contributed by atoms with E-state index < -0.39 is 0 Å². The Morgan fingerprint density at radius 1 is 1.19 bits per heavy atom. The lowest BCUT2D eigenvalue weighted by Crippen LogP contribution is -2.65. The van der Waals surface area contributed by atoms with Gasteiger partial charge in [0.1, 0.15) is 0 Å². The molecule has 0 bridgehead atoms. The Hall–Kier alpha value is -0.810. The number of guanidine groups is 1. The molecular weight excluding hydrogens is 324 g/mol. The lowest BCUT2D eigenvalue weighted by atomic mass is 9.60. The monoisotopic (exact) mass is 364 g/mol. The second kappa shape index (κ2) is 8.92. The van der Waals surface area contributed by atoms with Gasteiger partial charge in [0.2, 0.25) is 0 Å². The van der Waals surface area contributed by atoms with Gasteiger partial charge < -0.3 is 20.3 Å². The molecule has 2 N–H and O–H groups in total. The molecule has 0 aromatic heterocycles. The second-order valence-electron chi connectivity index (χ2n) is 9.00. The highest BCUT2D eigenvalue weighted by Crippen LogP contribution is 2.54. The molecule has 0 aromatic carbocycles. The van der Waals surface area contributed by atoms with Crippen LogP contribution in [0.25, 0.3) is 0 Å². The van der Waals surface area contributed by atoms with Gasteiger partial charge >= 0.3 is 0 Å². The second-order valence-corrected chi connectivity index (χ2v) is 9.00. The zero-order valence-corrected chi connectivity index (χ0v) is 17.4. The minimum Gasteiger partial charge on any atom is -0.378 e. The average molecular weight is 365 g/mol. The standard InChI is InChI=1S/C21H40N4O/c1-5-26-19-14-18(21(19)10-6-7-11-21)24-20(22-4)23-17-8-12-25(13-9-17)15-16(2)3/h16-19H,5-15H2,1-4H3,(H2,22,23,24). The van der Waals surface area contributed by atoms with E-state index in [1.807, 2.05) is 7.05 Å². The number of aliphatic imine (C=N–C) groups is 1. The Morgan fingerprint density at radius 3 is 2.46 bits per heavy atom. The van der Waals surface area contributed by atoms with E-state index in [1.165, 1.54) is 58.2 Å². The smallest absolute Gasteiger partial charge is 0.191 e. The molecule has 1 aliphatic heterocycles. The molecule has 1 spiro atoms. The Morgan fingerprint density at radius 2 is 1.88 bits per heavy atom. The van der Waals surface area contributed by atoms with Crippen molar-refractivity contribution in [1.29, 1.82) is 0 Å². The van der Waals surface area contributed by atoms with E-state index in [0.29, 0.717) is 23.6 Å². The number of rotatable bonds is 6. The van der Waals surface area contributed by atoms with Gasteiger partial charge in [-0.15, -0.1) is 0 Å². The molecule has 3 rings (SSSR count). The normalized spacial score (nSPS) is 30.0. The summed E-state index contributed by atoms with van der Waals surface area (Å²) in [4.78, 5) is 7.14. The first-order valence-electron chi connectivity index (χ1n) is 10.9. The van der Waals surface area contributed by atoms with Crippen LogP contribution >= 0.6 is 0 Å². The van der Waals surface area contributed by atoms with Crippen molar-refractivity contribution < 1.29 is 4.74 Å². The summed E-state index contributed by atoms with van der Waals surface area (Å²) >= 11 is 0. The first kappa shape index (κ1) is 19.9. The molecule has 5 heteroatoms. The van der Waals surface area contributed by atoms with Crippen LogP contribution in [0.5, 0.6) is 0 Å². The number of likely N-dealkylation sites (tertiary alicyclic amines) is 1. The van der Waals surface area contributed by atoms with Gasteiger partial charge in [0.05, 0.1) is 6.10 Å². The van der Waals surface area contributed by atoms with E-state index in [0.717, 1.165) is 24.9 Å². The van der Waals surface area contributed by atoms with E-state index in [1.54, 1.807) is 0 Å². The molecule has 2 atom stereocenters. The van der Waals surface area contributed by atoms with E-state index in [-0.39, 0.29) is 0 Å². The molecule has 2 aliphatic carbocycles. The van der Waals surface area contributed by atoms with Crippen molar-refractivity contribution in [3.8, 4) is 0 Å². The molecule has 3 fully saturated rings. The summed E-state index contributed by atoms with van der Waals surface area (Å²) < 4.78 is 6.05. The minimum atomic E-state index is 0.355. The van der Waals surface area contributed by atoms with Crippen LogP contribution in [0.15, 0.2) is 4.99 Å². The molecule has 2 unspecified atom stereocenters. The van der Waals surface area contributed by atoms with Crippen LogP contribution in [0, 0.1) is 11.3 Å². The van der Waals surface area contributed by atoms with E-state index >= 15 is 0 Å². The first-order chi connectivity index (χ1) is 12.6. The van der Waals surface area contributed by atoms with Gasteiger partial charge in [-0.25, -0.2) is 0 Å². The Kier molecular flexibility index (Phi) is 6.84. The largest absolute Gasteiger partial charge is 0.378 e. The molecular formula is C21H40N4O. The van der Waals surface area contributed by atoms with Crippen LogP contribution < -0.4 is 10.6 Å². The van der Waals surface area contributed by atoms with Gasteiger partial charge in [-0.3, -0.25) is 4.99 Å². The van der Waals surface area contributed by atoms with Gasteiger partial charge in [0.25, 0.3) is 0 Å². The quantitative estimate of drug-likeness (QED) is 0.562. The van der Waals surface area contributed by atoms with Crippen molar-refractivity contribution in [2.24, 2.45) is 16.3 Å². The Labute approximate surface area is 160 Å². The highest BCUT2D eigenvalue weighted by atomic mass is 16.5. The number of ether oxygens (including phenoxy) is 1.